The Morgan fingerprint density at radius 2 is 0.710 bits per heavy atom. The van der Waals surface area contributed by atoms with Gasteiger partial charge in [-0.3, -0.25) is 9.59 Å². The molecule has 0 radical (unpaired) electrons. The number of carbonyl (C=O) groups is 2. The van der Waals surface area contributed by atoms with Crippen molar-refractivity contribution in [2.45, 2.75) is 474 Å². The zero-order chi connectivity index (χ0) is 67.4. The predicted octanol–water partition coefficient (Wildman–Crippen LogP) is 22.3. The Morgan fingerprint density at radius 3 is 1.04 bits per heavy atom. The minimum absolute atomic E-state index is 0.131. The molecule has 8 unspecified atom stereocenters. The Morgan fingerprint density at radius 1 is 0.409 bits per heavy atom. The molecule has 11 nitrogen and oxygen atoms in total. The fourth-order valence-electron chi connectivity index (χ4n) is 13.4. The summed E-state index contributed by atoms with van der Waals surface area (Å²) in [7, 11) is 0. The maximum atomic E-state index is 13.5. The van der Waals surface area contributed by atoms with Crippen LogP contribution in [0.15, 0.2) is 24.3 Å². The van der Waals surface area contributed by atoms with Gasteiger partial charge in [-0.05, 0) is 51.4 Å². The number of allylic oxidation sites excluding steroid dienone is 3. The lowest BCUT2D eigenvalue weighted by molar-refractivity contribution is -0.305. The van der Waals surface area contributed by atoms with Crippen LogP contribution in [-0.2, 0) is 23.8 Å². The minimum atomic E-state index is -1.61. The Hall–Kier alpha value is -1.86. The molecule has 0 aromatic rings. The average molecular weight is 1320 g/mol. The first-order chi connectivity index (χ1) is 45.7. The van der Waals surface area contributed by atoms with Crippen molar-refractivity contribution in [3.63, 3.8) is 0 Å². The van der Waals surface area contributed by atoms with Crippen LogP contribution in [0.4, 0.5) is 0 Å². The normalized spacial score (nSPS) is 17.9. The molecule has 550 valence electrons. The van der Waals surface area contributed by atoms with Gasteiger partial charge in [0.1, 0.15) is 24.4 Å². The summed E-state index contributed by atoms with van der Waals surface area (Å²) in [5.74, 6) is -1.17. The van der Waals surface area contributed by atoms with Gasteiger partial charge in [0.15, 0.2) is 12.4 Å². The first-order valence-corrected chi connectivity index (χ1v) is 41.1. The summed E-state index contributed by atoms with van der Waals surface area (Å²) < 4.78 is 17.8. The molecule has 1 fully saturated rings. The number of aliphatic hydroxyl groups is 5. The van der Waals surface area contributed by atoms with Crippen molar-refractivity contribution in [1.29, 1.82) is 0 Å². The standard InChI is InChI=1S/C82H157NO10/c1-4-7-10-13-16-19-22-24-26-28-30-32-34-36-38-40-42-44-46-48-50-52-55-58-61-64-67-70-77(87)93-80-79(89)78(88)76(71-84)92-82(80)91-72-73(74(85)68-65-62-59-56-53-21-18-15-12-9-6-3)83-81(90)75(86)69-66-63-60-57-54-51-49-47-45-43-41-39-37-35-33-31-29-27-25-23-20-17-14-11-8-5-2/h25,27,65,68,73-76,78-80,82,84-86,88-89H,4-24,26,28-64,66-67,69-72H2,1-3H3,(H,83,90)/b27-25+,68-65+. The molecule has 1 amide bonds. The molecule has 0 bridgehead atoms. The number of nitrogens with one attached hydrogen (secondary N) is 1. The van der Waals surface area contributed by atoms with E-state index in [2.05, 4.69) is 38.2 Å². The quantitative estimate of drug-likeness (QED) is 0.0195. The predicted molar refractivity (Wildman–Crippen MR) is 394 cm³/mol. The van der Waals surface area contributed by atoms with Gasteiger partial charge in [-0.1, -0.05) is 392 Å². The third-order valence-corrected chi connectivity index (χ3v) is 19.9. The molecule has 93 heavy (non-hydrogen) atoms. The molecule has 1 rings (SSSR count). The van der Waals surface area contributed by atoms with Gasteiger partial charge in [-0.25, -0.2) is 0 Å². The van der Waals surface area contributed by atoms with E-state index in [-0.39, 0.29) is 13.0 Å². The molecule has 11 heteroatoms. The van der Waals surface area contributed by atoms with Crippen LogP contribution in [0.2, 0.25) is 0 Å². The summed E-state index contributed by atoms with van der Waals surface area (Å²) in [5.41, 5.74) is 0. The van der Waals surface area contributed by atoms with Crippen LogP contribution in [0, 0.1) is 0 Å². The summed E-state index contributed by atoms with van der Waals surface area (Å²) in [6, 6.07) is -1.02. The molecular formula is C82H157NO10. The maximum Gasteiger partial charge on any atom is 0.306 e. The smallest absolute Gasteiger partial charge is 0.306 e. The number of rotatable bonds is 73. The van der Waals surface area contributed by atoms with Crippen LogP contribution in [0.1, 0.15) is 425 Å². The molecule has 0 aromatic carbocycles. The van der Waals surface area contributed by atoms with Crippen molar-refractivity contribution in [1.82, 2.24) is 5.32 Å². The maximum absolute atomic E-state index is 13.5. The highest BCUT2D eigenvalue weighted by Gasteiger charge is 2.47. The highest BCUT2D eigenvalue weighted by atomic mass is 16.7. The number of ether oxygens (including phenoxy) is 3. The molecule has 0 saturated carbocycles. The van der Waals surface area contributed by atoms with E-state index in [0.29, 0.717) is 19.3 Å². The van der Waals surface area contributed by atoms with E-state index in [1.165, 1.54) is 321 Å². The molecule has 0 aliphatic carbocycles. The van der Waals surface area contributed by atoms with Gasteiger partial charge in [0.25, 0.3) is 0 Å². The van der Waals surface area contributed by atoms with Gasteiger partial charge in [0, 0.05) is 6.42 Å². The Bertz CT molecular complexity index is 1610. The van der Waals surface area contributed by atoms with Crippen molar-refractivity contribution < 1.29 is 49.3 Å². The number of esters is 1. The van der Waals surface area contributed by atoms with Crippen molar-refractivity contribution in [3.8, 4) is 0 Å². The first kappa shape index (κ1) is 89.2. The fourth-order valence-corrected chi connectivity index (χ4v) is 13.4. The number of unbranched alkanes of at least 4 members (excludes halogenated alkanes) is 57. The summed E-state index contributed by atoms with van der Waals surface area (Å²) >= 11 is 0. The average Bonchev–Trinajstić information content (AvgIpc) is 0.974. The van der Waals surface area contributed by atoms with Gasteiger partial charge in [-0.2, -0.15) is 0 Å². The van der Waals surface area contributed by atoms with E-state index in [0.717, 1.165) is 57.8 Å². The molecule has 1 aliphatic rings. The number of hydrogen-bond donors (Lipinski definition) is 6. The number of carbonyl (C=O) groups excluding carboxylic acids is 2. The second-order valence-electron chi connectivity index (χ2n) is 28.9. The summed E-state index contributed by atoms with van der Waals surface area (Å²) in [4.78, 5) is 26.8. The van der Waals surface area contributed by atoms with E-state index < -0.39 is 67.4 Å². The van der Waals surface area contributed by atoms with Crippen LogP contribution in [0.3, 0.4) is 0 Å². The monoisotopic (exact) mass is 1320 g/mol. The molecule has 0 spiro atoms. The zero-order valence-corrected chi connectivity index (χ0v) is 61.7. The molecule has 1 saturated heterocycles. The molecule has 8 atom stereocenters. The largest absolute Gasteiger partial charge is 0.454 e. The van der Waals surface area contributed by atoms with Crippen LogP contribution in [0.25, 0.3) is 0 Å². The van der Waals surface area contributed by atoms with Gasteiger partial charge < -0.3 is 45.1 Å². The van der Waals surface area contributed by atoms with E-state index in [4.69, 9.17) is 14.2 Å². The van der Waals surface area contributed by atoms with E-state index in [9.17, 15) is 35.1 Å². The third kappa shape index (κ3) is 56.7. The van der Waals surface area contributed by atoms with Crippen LogP contribution >= 0.6 is 0 Å². The van der Waals surface area contributed by atoms with Gasteiger partial charge >= 0.3 is 5.97 Å². The lowest BCUT2D eigenvalue weighted by Gasteiger charge is -2.41. The summed E-state index contributed by atoms with van der Waals surface area (Å²) in [6.07, 6.45) is 76.9. The van der Waals surface area contributed by atoms with Crippen LogP contribution < -0.4 is 5.32 Å². The van der Waals surface area contributed by atoms with Gasteiger partial charge in [0.05, 0.1) is 25.4 Å². The van der Waals surface area contributed by atoms with Crippen molar-refractivity contribution >= 4 is 11.9 Å². The topological polar surface area (TPSA) is 175 Å². The molecule has 1 heterocycles. The number of hydrogen-bond acceptors (Lipinski definition) is 10. The van der Waals surface area contributed by atoms with Gasteiger partial charge in [-0.15, -0.1) is 0 Å². The lowest BCUT2D eigenvalue weighted by atomic mass is 9.99. The highest BCUT2D eigenvalue weighted by molar-refractivity contribution is 5.80. The highest BCUT2D eigenvalue weighted by Crippen LogP contribution is 2.27. The van der Waals surface area contributed by atoms with E-state index in [1.807, 2.05) is 6.08 Å². The molecular weight excluding hydrogens is 1160 g/mol. The Balaban J connectivity index is 2.43. The Labute approximate surface area is 575 Å². The second kappa shape index (κ2) is 70.0. The molecule has 1 aliphatic heterocycles. The Kier molecular flexibility index (Phi) is 67.1. The molecule has 0 aromatic heterocycles. The van der Waals surface area contributed by atoms with Crippen molar-refractivity contribution in [2.75, 3.05) is 13.2 Å². The SMILES string of the molecule is CCCCCCCC/C=C/CCCCCCCCCCCCCCCCCCC(O)C(=O)NC(COC1OC(CO)C(O)C(O)C1OC(=O)CCCCCCCCCCCCCCCCCCCCCCCCCCCCC)C(O)/C=C/CCCCCCCCCCC. The first-order valence-electron chi connectivity index (χ1n) is 41.1. The minimum Gasteiger partial charge on any atom is -0.454 e. The molecule has 6 N–H and O–H groups in total. The number of aliphatic hydroxyl groups excluding tert-OH is 5. The van der Waals surface area contributed by atoms with Crippen LogP contribution in [-0.4, -0.2) is 99.6 Å². The summed E-state index contributed by atoms with van der Waals surface area (Å²) in [6.45, 7) is 5.87. The van der Waals surface area contributed by atoms with E-state index in [1.54, 1.807) is 6.08 Å². The summed E-state index contributed by atoms with van der Waals surface area (Å²) in [5, 5.41) is 57.4. The zero-order valence-electron chi connectivity index (χ0n) is 61.7. The third-order valence-electron chi connectivity index (χ3n) is 19.9. The van der Waals surface area contributed by atoms with Gasteiger partial charge in [0.2, 0.25) is 5.91 Å². The second-order valence-corrected chi connectivity index (χ2v) is 28.9. The van der Waals surface area contributed by atoms with Crippen LogP contribution in [0.5, 0.6) is 0 Å². The number of amides is 1. The van der Waals surface area contributed by atoms with E-state index >= 15 is 0 Å². The van der Waals surface area contributed by atoms with Crippen molar-refractivity contribution in [2.24, 2.45) is 0 Å². The lowest BCUT2D eigenvalue weighted by Crippen LogP contribution is -2.61. The van der Waals surface area contributed by atoms with Crippen molar-refractivity contribution in [3.05, 3.63) is 24.3 Å². The fraction of sp³-hybridized carbons (Fsp3) is 0.927.